The SMILES string of the molecule is Cc1ccc(Cn2c(=O)cc(C(=O)NCc3ccccc3)c3ccccc32)cc1. The number of amides is 1. The van der Waals surface area contributed by atoms with Crippen molar-refractivity contribution in [3.8, 4) is 0 Å². The lowest BCUT2D eigenvalue weighted by Crippen LogP contribution is -2.27. The number of aromatic nitrogens is 1. The van der Waals surface area contributed by atoms with Crippen molar-refractivity contribution in [1.82, 2.24) is 9.88 Å². The summed E-state index contributed by atoms with van der Waals surface area (Å²) in [7, 11) is 0. The van der Waals surface area contributed by atoms with E-state index in [0.717, 1.165) is 22.0 Å². The molecule has 4 rings (SSSR count). The van der Waals surface area contributed by atoms with Crippen LogP contribution in [-0.4, -0.2) is 10.5 Å². The number of para-hydroxylation sites is 1. The van der Waals surface area contributed by atoms with Crippen LogP contribution in [0.3, 0.4) is 0 Å². The van der Waals surface area contributed by atoms with E-state index in [9.17, 15) is 9.59 Å². The maximum absolute atomic E-state index is 12.9. The molecule has 4 heteroatoms. The van der Waals surface area contributed by atoms with Gasteiger partial charge in [0.05, 0.1) is 17.6 Å². The van der Waals surface area contributed by atoms with E-state index in [1.54, 1.807) is 4.57 Å². The minimum atomic E-state index is -0.246. The highest BCUT2D eigenvalue weighted by Gasteiger charge is 2.14. The van der Waals surface area contributed by atoms with Crippen LogP contribution in [0.4, 0.5) is 0 Å². The van der Waals surface area contributed by atoms with Gasteiger partial charge in [0.25, 0.3) is 11.5 Å². The zero-order valence-electron chi connectivity index (χ0n) is 16.3. The maximum atomic E-state index is 12.9. The molecule has 1 N–H and O–H groups in total. The average molecular weight is 382 g/mol. The van der Waals surface area contributed by atoms with E-state index >= 15 is 0 Å². The second-order valence-corrected chi connectivity index (χ2v) is 7.15. The van der Waals surface area contributed by atoms with Crippen LogP contribution < -0.4 is 10.9 Å². The fraction of sp³-hybridized carbons (Fsp3) is 0.120. The number of fused-ring (bicyclic) bond motifs is 1. The Bertz CT molecular complexity index is 1210. The fourth-order valence-electron chi connectivity index (χ4n) is 3.44. The van der Waals surface area contributed by atoms with Gasteiger partial charge in [0.15, 0.2) is 0 Å². The minimum Gasteiger partial charge on any atom is -0.348 e. The molecule has 0 aliphatic rings. The first-order valence-electron chi connectivity index (χ1n) is 9.62. The Hall–Kier alpha value is -3.66. The molecule has 0 unspecified atom stereocenters. The number of benzene rings is 3. The third-order valence-electron chi connectivity index (χ3n) is 5.02. The van der Waals surface area contributed by atoms with Gasteiger partial charge in [0.2, 0.25) is 0 Å². The maximum Gasteiger partial charge on any atom is 0.252 e. The van der Waals surface area contributed by atoms with Crippen molar-refractivity contribution in [3.05, 3.63) is 118 Å². The first-order chi connectivity index (χ1) is 14.1. The first-order valence-corrected chi connectivity index (χ1v) is 9.62. The number of nitrogens with one attached hydrogen (secondary N) is 1. The summed E-state index contributed by atoms with van der Waals surface area (Å²) in [5.41, 5.74) is 4.21. The zero-order chi connectivity index (χ0) is 20.2. The van der Waals surface area contributed by atoms with Crippen LogP contribution in [0, 0.1) is 6.92 Å². The fourth-order valence-corrected chi connectivity index (χ4v) is 3.44. The van der Waals surface area contributed by atoms with Crippen LogP contribution in [0.5, 0.6) is 0 Å². The third kappa shape index (κ3) is 4.11. The van der Waals surface area contributed by atoms with Crippen LogP contribution in [-0.2, 0) is 13.1 Å². The molecule has 0 bridgehead atoms. The van der Waals surface area contributed by atoms with Gasteiger partial charge in [-0.2, -0.15) is 0 Å². The molecule has 0 saturated carbocycles. The highest BCUT2D eigenvalue weighted by Crippen LogP contribution is 2.18. The van der Waals surface area contributed by atoms with Gasteiger partial charge in [0.1, 0.15) is 0 Å². The lowest BCUT2D eigenvalue weighted by molar-refractivity contribution is 0.0952. The number of aryl methyl sites for hydroxylation is 1. The number of hydrogen-bond acceptors (Lipinski definition) is 2. The van der Waals surface area contributed by atoms with Gasteiger partial charge in [-0.15, -0.1) is 0 Å². The summed E-state index contributed by atoms with van der Waals surface area (Å²) < 4.78 is 1.72. The monoisotopic (exact) mass is 382 g/mol. The van der Waals surface area contributed by atoms with E-state index in [1.807, 2.05) is 85.8 Å². The standard InChI is InChI=1S/C25H22N2O2/c1-18-11-13-20(14-12-18)17-27-23-10-6-5-9-21(23)22(15-24(27)28)25(29)26-16-19-7-3-2-4-8-19/h2-15H,16-17H2,1H3,(H,26,29). The number of carbonyl (C=O) groups excluding carboxylic acids is 1. The summed E-state index contributed by atoms with van der Waals surface area (Å²) in [6.07, 6.45) is 0. The molecule has 0 aliphatic carbocycles. The Kier molecular flexibility index (Phi) is 5.25. The predicted octanol–water partition coefficient (Wildman–Crippen LogP) is 4.29. The highest BCUT2D eigenvalue weighted by atomic mass is 16.2. The molecule has 4 nitrogen and oxygen atoms in total. The number of hydrogen-bond donors (Lipinski definition) is 1. The molecule has 29 heavy (non-hydrogen) atoms. The number of nitrogens with zero attached hydrogens (tertiary/aromatic N) is 1. The van der Waals surface area contributed by atoms with Crippen LogP contribution in [0.15, 0.2) is 89.7 Å². The van der Waals surface area contributed by atoms with Crippen LogP contribution in [0.2, 0.25) is 0 Å². The molecule has 0 radical (unpaired) electrons. The summed E-state index contributed by atoms with van der Waals surface area (Å²) in [5, 5.41) is 3.69. The Morgan fingerprint density at radius 3 is 2.31 bits per heavy atom. The lowest BCUT2D eigenvalue weighted by atomic mass is 10.1. The van der Waals surface area contributed by atoms with Gasteiger partial charge < -0.3 is 9.88 Å². The van der Waals surface area contributed by atoms with Gasteiger partial charge in [-0.05, 0) is 24.1 Å². The van der Waals surface area contributed by atoms with Crippen LogP contribution >= 0.6 is 0 Å². The van der Waals surface area contributed by atoms with Gasteiger partial charge in [-0.3, -0.25) is 9.59 Å². The summed E-state index contributed by atoms with van der Waals surface area (Å²) in [6.45, 7) is 2.92. The van der Waals surface area contributed by atoms with Crippen molar-refractivity contribution >= 4 is 16.8 Å². The van der Waals surface area contributed by atoms with Crippen molar-refractivity contribution < 1.29 is 4.79 Å². The quantitative estimate of drug-likeness (QED) is 0.560. The van der Waals surface area contributed by atoms with E-state index < -0.39 is 0 Å². The van der Waals surface area contributed by atoms with Crippen molar-refractivity contribution in [3.63, 3.8) is 0 Å². The first kappa shape index (κ1) is 18.7. The van der Waals surface area contributed by atoms with E-state index in [-0.39, 0.29) is 11.5 Å². The molecule has 0 spiro atoms. The summed E-state index contributed by atoms with van der Waals surface area (Å²) in [5.74, 6) is -0.246. The molecule has 0 saturated heterocycles. The molecule has 1 heterocycles. The molecular weight excluding hydrogens is 360 g/mol. The average Bonchev–Trinajstić information content (AvgIpc) is 2.76. The van der Waals surface area contributed by atoms with Crippen LogP contribution in [0.25, 0.3) is 10.9 Å². The Morgan fingerprint density at radius 2 is 1.55 bits per heavy atom. The number of rotatable bonds is 5. The lowest BCUT2D eigenvalue weighted by Gasteiger charge is -2.14. The summed E-state index contributed by atoms with van der Waals surface area (Å²) in [6, 6.07) is 26.8. The molecule has 4 aromatic rings. The van der Waals surface area contributed by atoms with Gasteiger partial charge in [-0.25, -0.2) is 0 Å². The second-order valence-electron chi connectivity index (χ2n) is 7.15. The predicted molar refractivity (Wildman–Crippen MR) is 116 cm³/mol. The Morgan fingerprint density at radius 1 is 0.862 bits per heavy atom. The largest absolute Gasteiger partial charge is 0.348 e. The molecule has 3 aromatic carbocycles. The van der Waals surface area contributed by atoms with E-state index in [1.165, 1.54) is 11.6 Å². The molecule has 144 valence electrons. The third-order valence-corrected chi connectivity index (χ3v) is 5.02. The molecule has 0 aliphatic heterocycles. The number of pyridine rings is 1. The minimum absolute atomic E-state index is 0.186. The molecule has 1 amide bonds. The Balaban J connectivity index is 1.68. The van der Waals surface area contributed by atoms with E-state index in [4.69, 9.17) is 0 Å². The second kappa shape index (κ2) is 8.15. The summed E-state index contributed by atoms with van der Waals surface area (Å²) >= 11 is 0. The van der Waals surface area contributed by atoms with Crippen molar-refractivity contribution in [1.29, 1.82) is 0 Å². The normalized spacial score (nSPS) is 10.8. The van der Waals surface area contributed by atoms with E-state index in [0.29, 0.717) is 18.7 Å². The van der Waals surface area contributed by atoms with E-state index in [2.05, 4.69) is 5.32 Å². The molecule has 1 aromatic heterocycles. The van der Waals surface area contributed by atoms with Gasteiger partial charge in [-0.1, -0.05) is 78.4 Å². The van der Waals surface area contributed by atoms with Crippen molar-refractivity contribution in [2.45, 2.75) is 20.0 Å². The van der Waals surface area contributed by atoms with Crippen molar-refractivity contribution in [2.75, 3.05) is 0 Å². The molecular formula is C25H22N2O2. The van der Waals surface area contributed by atoms with Gasteiger partial charge >= 0.3 is 0 Å². The topological polar surface area (TPSA) is 51.1 Å². The molecule has 0 atom stereocenters. The smallest absolute Gasteiger partial charge is 0.252 e. The molecule has 0 fully saturated rings. The Labute approximate surface area is 169 Å². The zero-order valence-corrected chi connectivity index (χ0v) is 16.3. The van der Waals surface area contributed by atoms with Crippen molar-refractivity contribution in [2.24, 2.45) is 0 Å². The number of carbonyl (C=O) groups is 1. The van der Waals surface area contributed by atoms with Crippen LogP contribution in [0.1, 0.15) is 27.0 Å². The highest BCUT2D eigenvalue weighted by molar-refractivity contribution is 6.06. The van der Waals surface area contributed by atoms with Gasteiger partial charge in [0, 0.05) is 18.0 Å². The summed E-state index contributed by atoms with van der Waals surface area (Å²) in [4.78, 5) is 25.7.